The van der Waals surface area contributed by atoms with E-state index in [4.69, 9.17) is 9.90 Å². The molecular formula is C15H15F2NO2. The van der Waals surface area contributed by atoms with Gasteiger partial charge in [-0.3, -0.25) is 4.79 Å². The number of carboxylic acid groups (broad SMARTS) is 1. The summed E-state index contributed by atoms with van der Waals surface area (Å²) in [7, 11) is 0. The van der Waals surface area contributed by atoms with Gasteiger partial charge in [0.25, 0.3) is 6.47 Å². The molecule has 0 spiro atoms. The van der Waals surface area contributed by atoms with Gasteiger partial charge in [0.1, 0.15) is 11.6 Å². The molecule has 1 atom stereocenters. The normalized spacial score (nSPS) is 10.9. The van der Waals surface area contributed by atoms with Crippen molar-refractivity contribution in [2.45, 2.75) is 13.0 Å². The van der Waals surface area contributed by atoms with Crippen molar-refractivity contribution in [3.63, 3.8) is 0 Å². The Morgan fingerprint density at radius 1 is 1.10 bits per heavy atom. The van der Waals surface area contributed by atoms with Crippen molar-refractivity contribution in [1.29, 1.82) is 0 Å². The molecule has 0 fully saturated rings. The Morgan fingerprint density at radius 2 is 1.70 bits per heavy atom. The van der Waals surface area contributed by atoms with Crippen LogP contribution in [0.4, 0.5) is 14.5 Å². The summed E-state index contributed by atoms with van der Waals surface area (Å²) in [5.41, 5.74) is 1.66. The molecule has 2 aromatic carbocycles. The molecule has 20 heavy (non-hydrogen) atoms. The van der Waals surface area contributed by atoms with Crippen molar-refractivity contribution in [2.75, 3.05) is 5.32 Å². The minimum absolute atomic E-state index is 0.00241. The fourth-order valence-corrected chi connectivity index (χ4v) is 1.66. The van der Waals surface area contributed by atoms with E-state index < -0.39 is 0 Å². The topological polar surface area (TPSA) is 49.3 Å². The molecule has 0 amide bonds. The highest BCUT2D eigenvalue weighted by Crippen LogP contribution is 2.19. The Kier molecular flexibility index (Phi) is 6.16. The minimum atomic E-state index is -0.277. The smallest absolute Gasteiger partial charge is 0.290 e. The monoisotopic (exact) mass is 279 g/mol. The van der Waals surface area contributed by atoms with Crippen LogP contribution in [-0.2, 0) is 4.79 Å². The van der Waals surface area contributed by atoms with E-state index >= 15 is 0 Å². The predicted molar refractivity (Wildman–Crippen MR) is 73.5 cm³/mol. The van der Waals surface area contributed by atoms with E-state index in [1.807, 2.05) is 6.92 Å². The van der Waals surface area contributed by atoms with Gasteiger partial charge in [0, 0.05) is 11.7 Å². The lowest BCUT2D eigenvalue weighted by Crippen LogP contribution is -2.06. The van der Waals surface area contributed by atoms with E-state index in [1.165, 1.54) is 24.3 Å². The Balaban J connectivity index is 0.000000612. The van der Waals surface area contributed by atoms with E-state index in [0.717, 1.165) is 5.56 Å². The summed E-state index contributed by atoms with van der Waals surface area (Å²) in [4.78, 5) is 8.36. The summed E-state index contributed by atoms with van der Waals surface area (Å²) in [5, 5.41) is 10.0. The molecule has 1 unspecified atom stereocenters. The molecule has 2 rings (SSSR count). The fourth-order valence-electron chi connectivity index (χ4n) is 1.66. The van der Waals surface area contributed by atoms with Gasteiger partial charge < -0.3 is 10.4 Å². The number of carbonyl (C=O) groups is 1. The van der Waals surface area contributed by atoms with Gasteiger partial charge in [0.05, 0.1) is 0 Å². The largest absolute Gasteiger partial charge is 0.483 e. The number of nitrogens with one attached hydrogen (secondary N) is 1. The third-order valence-corrected chi connectivity index (χ3v) is 2.58. The molecule has 0 aromatic heterocycles. The van der Waals surface area contributed by atoms with Crippen molar-refractivity contribution >= 4 is 12.2 Å². The van der Waals surface area contributed by atoms with Crippen LogP contribution < -0.4 is 5.32 Å². The lowest BCUT2D eigenvalue weighted by molar-refractivity contribution is -0.122. The standard InChI is InChI=1S/C14H13F2N.CH2O2/c1-10(11-5-7-12(15)8-6-11)17-14-4-2-3-13(16)9-14;2-1-3/h2-10,17H,1H3;1H,(H,2,3). The molecule has 0 saturated carbocycles. The summed E-state index contributed by atoms with van der Waals surface area (Å²) in [6, 6.07) is 12.5. The summed E-state index contributed by atoms with van der Waals surface area (Å²) >= 11 is 0. The third-order valence-electron chi connectivity index (χ3n) is 2.58. The highest BCUT2D eigenvalue weighted by atomic mass is 19.1. The zero-order valence-electron chi connectivity index (χ0n) is 10.9. The van der Waals surface area contributed by atoms with Crippen LogP contribution in [0.1, 0.15) is 18.5 Å². The van der Waals surface area contributed by atoms with Crippen LogP contribution in [0, 0.1) is 11.6 Å². The molecule has 2 N–H and O–H groups in total. The molecule has 0 heterocycles. The van der Waals surface area contributed by atoms with E-state index in [9.17, 15) is 8.78 Å². The average Bonchev–Trinajstić information content (AvgIpc) is 2.40. The zero-order valence-corrected chi connectivity index (χ0v) is 10.9. The number of hydrogen-bond donors (Lipinski definition) is 2. The predicted octanol–water partition coefficient (Wildman–Crippen LogP) is 3.84. The maximum Gasteiger partial charge on any atom is 0.290 e. The first-order chi connectivity index (χ1) is 9.56. The lowest BCUT2D eigenvalue weighted by Gasteiger charge is -2.15. The Morgan fingerprint density at radius 3 is 2.25 bits per heavy atom. The maximum atomic E-state index is 13.0. The van der Waals surface area contributed by atoms with E-state index in [1.54, 1.807) is 24.3 Å². The zero-order chi connectivity index (χ0) is 15.0. The summed E-state index contributed by atoms with van der Waals surface area (Å²) in [5.74, 6) is -0.534. The molecule has 3 nitrogen and oxygen atoms in total. The number of anilines is 1. The van der Waals surface area contributed by atoms with Crippen LogP contribution >= 0.6 is 0 Å². The molecule has 0 bridgehead atoms. The quantitative estimate of drug-likeness (QED) is 0.839. The van der Waals surface area contributed by atoms with E-state index in [0.29, 0.717) is 5.69 Å². The molecule has 0 saturated heterocycles. The Hall–Kier alpha value is -2.43. The van der Waals surface area contributed by atoms with Gasteiger partial charge in [-0.25, -0.2) is 8.78 Å². The molecule has 0 aliphatic rings. The first-order valence-corrected chi connectivity index (χ1v) is 5.92. The third kappa shape index (κ3) is 5.06. The summed E-state index contributed by atoms with van der Waals surface area (Å²) < 4.78 is 25.7. The SMILES string of the molecule is CC(Nc1cccc(F)c1)c1ccc(F)cc1.O=CO. The molecule has 106 valence electrons. The van der Waals surface area contributed by atoms with Gasteiger partial charge in [-0.1, -0.05) is 18.2 Å². The molecule has 0 radical (unpaired) electrons. The van der Waals surface area contributed by atoms with Crippen LogP contribution in [0.3, 0.4) is 0 Å². The van der Waals surface area contributed by atoms with Crippen LogP contribution in [0.25, 0.3) is 0 Å². The van der Waals surface area contributed by atoms with Gasteiger partial charge >= 0.3 is 0 Å². The molecule has 0 aliphatic heterocycles. The fraction of sp³-hybridized carbons (Fsp3) is 0.133. The van der Waals surface area contributed by atoms with Gasteiger partial charge in [0.15, 0.2) is 0 Å². The van der Waals surface area contributed by atoms with E-state index in [2.05, 4.69) is 5.32 Å². The summed E-state index contributed by atoms with van der Waals surface area (Å²) in [6.07, 6.45) is 0. The number of halogens is 2. The van der Waals surface area contributed by atoms with E-state index in [-0.39, 0.29) is 24.1 Å². The number of benzene rings is 2. The van der Waals surface area contributed by atoms with Crippen molar-refractivity contribution in [1.82, 2.24) is 0 Å². The number of rotatable bonds is 3. The second kappa shape index (κ2) is 7.89. The average molecular weight is 279 g/mol. The molecule has 0 aliphatic carbocycles. The van der Waals surface area contributed by atoms with Crippen LogP contribution in [-0.4, -0.2) is 11.6 Å². The van der Waals surface area contributed by atoms with Crippen molar-refractivity contribution in [3.8, 4) is 0 Å². The minimum Gasteiger partial charge on any atom is -0.483 e. The van der Waals surface area contributed by atoms with Crippen molar-refractivity contribution < 1.29 is 18.7 Å². The Labute approximate surface area is 115 Å². The van der Waals surface area contributed by atoms with Crippen molar-refractivity contribution in [2.24, 2.45) is 0 Å². The van der Waals surface area contributed by atoms with Crippen LogP contribution in [0.15, 0.2) is 48.5 Å². The molecule has 2 aromatic rings. The first kappa shape index (κ1) is 15.6. The first-order valence-electron chi connectivity index (χ1n) is 5.92. The molecule has 5 heteroatoms. The maximum absolute atomic E-state index is 13.0. The van der Waals surface area contributed by atoms with Gasteiger partial charge in [0.2, 0.25) is 0 Å². The molecular weight excluding hydrogens is 264 g/mol. The second-order valence-corrected chi connectivity index (χ2v) is 4.03. The highest BCUT2D eigenvalue weighted by molar-refractivity contribution is 5.45. The summed E-state index contributed by atoms with van der Waals surface area (Å²) in [6.45, 7) is 1.69. The van der Waals surface area contributed by atoms with Crippen molar-refractivity contribution in [3.05, 3.63) is 65.7 Å². The lowest BCUT2D eigenvalue weighted by atomic mass is 10.1. The van der Waals surface area contributed by atoms with Gasteiger partial charge in [-0.05, 0) is 42.8 Å². The van der Waals surface area contributed by atoms with Gasteiger partial charge in [-0.2, -0.15) is 0 Å². The van der Waals surface area contributed by atoms with Crippen LogP contribution in [0.5, 0.6) is 0 Å². The van der Waals surface area contributed by atoms with Crippen LogP contribution in [0.2, 0.25) is 0 Å². The Bertz CT molecular complexity index is 544. The highest BCUT2D eigenvalue weighted by Gasteiger charge is 2.05. The second-order valence-electron chi connectivity index (χ2n) is 4.03. The number of hydrogen-bond acceptors (Lipinski definition) is 2. The van der Waals surface area contributed by atoms with Gasteiger partial charge in [-0.15, -0.1) is 0 Å².